The zero-order valence-electron chi connectivity index (χ0n) is 11.8. The van der Waals surface area contributed by atoms with Crippen LogP contribution >= 0.6 is 0 Å². The smallest absolute Gasteiger partial charge is 0.248 e. The molecule has 0 aromatic heterocycles. The Bertz CT molecular complexity index is 482. The molecule has 1 heterocycles. The number of primary amides is 1. The molecule has 4 nitrogen and oxygen atoms in total. The van der Waals surface area contributed by atoms with Gasteiger partial charge in [-0.25, -0.2) is 0 Å². The molecule has 1 aliphatic rings. The van der Waals surface area contributed by atoms with E-state index in [9.17, 15) is 4.79 Å². The first-order chi connectivity index (χ1) is 8.89. The summed E-state index contributed by atoms with van der Waals surface area (Å²) in [6.45, 7) is 6.66. The number of hydrogen-bond donors (Lipinski definition) is 2. The number of nitrogen functional groups attached to an aromatic ring is 1. The number of benzene rings is 1. The quantitative estimate of drug-likeness (QED) is 0.803. The van der Waals surface area contributed by atoms with E-state index in [0.29, 0.717) is 16.7 Å². The van der Waals surface area contributed by atoms with E-state index in [1.54, 1.807) is 12.1 Å². The summed E-state index contributed by atoms with van der Waals surface area (Å²) in [6.07, 6.45) is 3.57. The lowest BCUT2D eigenvalue weighted by molar-refractivity contribution is 0.100. The first-order valence-electron chi connectivity index (χ1n) is 6.83. The number of nitrogens with zero attached hydrogens (tertiary/aromatic N) is 1. The molecule has 0 spiro atoms. The van der Waals surface area contributed by atoms with Gasteiger partial charge in [-0.3, -0.25) is 4.79 Å². The van der Waals surface area contributed by atoms with Crippen LogP contribution in [-0.2, 0) is 0 Å². The third-order valence-electron chi connectivity index (χ3n) is 3.99. The summed E-state index contributed by atoms with van der Waals surface area (Å²) < 4.78 is 0. The fourth-order valence-corrected chi connectivity index (χ4v) is 2.66. The van der Waals surface area contributed by atoms with Crippen LogP contribution in [-0.4, -0.2) is 19.0 Å². The molecule has 0 atom stereocenters. The van der Waals surface area contributed by atoms with Crippen LogP contribution in [0.25, 0.3) is 0 Å². The zero-order valence-corrected chi connectivity index (χ0v) is 11.8. The van der Waals surface area contributed by atoms with Crippen molar-refractivity contribution >= 4 is 17.3 Å². The number of amides is 1. The van der Waals surface area contributed by atoms with Gasteiger partial charge in [-0.2, -0.15) is 0 Å². The number of hydrogen-bond acceptors (Lipinski definition) is 3. The average molecular weight is 261 g/mol. The molecule has 1 fully saturated rings. The van der Waals surface area contributed by atoms with E-state index in [-0.39, 0.29) is 0 Å². The maximum atomic E-state index is 11.1. The molecule has 0 radical (unpaired) electrons. The molecule has 2 rings (SSSR count). The molecule has 0 bridgehead atoms. The largest absolute Gasteiger partial charge is 0.397 e. The van der Waals surface area contributed by atoms with Crippen LogP contribution in [0.15, 0.2) is 18.2 Å². The topological polar surface area (TPSA) is 72.3 Å². The molecule has 4 N–H and O–H groups in total. The van der Waals surface area contributed by atoms with Crippen molar-refractivity contribution in [2.75, 3.05) is 23.7 Å². The van der Waals surface area contributed by atoms with E-state index >= 15 is 0 Å². The summed E-state index contributed by atoms with van der Waals surface area (Å²) >= 11 is 0. The second-order valence-corrected chi connectivity index (χ2v) is 6.14. The van der Waals surface area contributed by atoms with Crippen LogP contribution in [0.3, 0.4) is 0 Å². The second-order valence-electron chi connectivity index (χ2n) is 6.14. The van der Waals surface area contributed by atoms with Gasteiger partial charge < -0.3 is 16.4 Å². The van der Waals surface area contributed by atoms with Crippen molar-refractivity contribution in [1.29, 1.82) is 0 Å². The molecular weight excluding hydrogens is 238 g/mol. The highest BCUT2D eigenvalue weighted by Crippen LogP contribution is 2.33. The van der Waals surface area contributed by atoms with Crippen molar-refractivity contribution in [2.24, 2.45) is 11.1 Å². The number of rotatable bonds is 2. The van der Waals surface area contributed by atoms with E-state index in [4.69, 9.17) is 11.5 Å². The van der Waals surface area contributed by atoms with Gasteiger partial charge in [0.25, 0.3) is 0 Å². The van der Waals surface area contributed by atoms with Gasteiger partial charge in [0.2, 0.25) is 5.91 Å². The molecule has 1 aliphatic heterocycles. The Kier molecular flexibility index (Phi) is 3.69. The minimum atomic E-state index is -0.435. The fourth-order valence-electron chi connectivity index (χ4n) is 2.66. The van der Waals surface area contributed by atoms with Crippen molar-refractivity contribution in [3.63, 3.8) is 0 Å². The summed E-state index contributed by atoms with van der Waals surface area (Å²) in [7, 11) is 0. The van der Waals surface area contributed by atoms with Gasteiger partial charge in [-0.1, -0.05) is 13.8 Å². The molecule has 1 aromatic rings. The molecule has 104 valence electrons. The van der Waals surface area contributed by atoms with E-state index in [0.717, 1.165) is 25.2 Å². The molecule has 0 unspecified atom stereocenters. The van der Waals surface area contributed by atoms with Gasteiger partial charge in [0.15, 0.2) is 0 Å². The SMILES string of the molecule is CC1(C)CCCN(c2ccc(C(N)=O)cc2N)CC1. The van der Waals surface area contributed by atoms with Gasteiger partial charge >= 0.3 is 0 Å². The average Bonchev–Trinajstić information content (AvgIpc) is 2.50. The zero-order chi connectivity index (χ0) is 14.0. The molecule has 0 saturated carbocycles. The maximum absolute atomic E-state index is 11.1. The predicted molar refractivity (Wildman–Crippen MR) is 79.2 cm³/mol. The minimum Gasteiger partial charge on any atom is -0.397 e. The first-order valence-corrected chi connectivity index (χ1v) is 6.83. The van der Waals surface area contributed by atoms with Gasteiger partial charge in [0.05, 0.1) is 11.4 Å². The summed E-state index contributed by atoms with van der Waals surface area (Å²) in [4.78, 5) is 13.4. The monoisotopic (exact) mass is 261 g/mol. The standard InChI is InChI=1S/C15H23N3O/c1-15(2)6-3-8-18(9-7-15)13-5-4-11(14(17)19)10-12(13)16/h4-5,10H,3,6-9,16H2,1-2H3,(H2,17,19). The number of nitrogens with two attached hydrogens (primary N) is 2. The molecule has 0 aliphatic carbocycles. The van der Waals surface area contributed by atoms with Crippen LogP contribution < -0.4 is 16.4 Å². The van der Waals surface area contributed by atoms with E-state index < -0.39 is 5.91 Å². The Morgan fingerprint density at radius 1 is 1.26 bits per heavy atom. The Morgan fingerprint density at radius 2 is 2.00 bits per heavy atom. The normalized spacial score (nSPS) is 18.9. The van der Waals surface area contributed by atoms with Crippen molar-refractivity contribution in [2.45, 2.75) is 33.1 Å². The van der Waals surface area contributed by atoms with Gasteiger partial charge in [0.1, 0.15) is 0 Å². The fraction of sp³-hybridized carbons (Fsp3) is 0.533. The van der Waals surface area contributed by atoms with Crippen LogP contribution in [0.4, 0.5) is 11.4 Å². The van der Waals surface area contributed by atoms with Crippen LogP contribution in [0.2, 0.25) is 0 Å². The molecule has 4 heteroatoms. The van der Waals surface area contributed by atoms with Gasteiger partial charge in [0, 0.05) is 18.7 Å². The van der Waals surface area contributed by atoms with Gasteiger partial charge in [-0.15, -0.1) is 0 Å². The van der Waals surface area contributed by atoms with Crippen LogP contribution in [0.1, 0.15) is 43.5 Å². The third-order valence-corrected chi connectivity index (χ3v) is 3.99. The van der Waals surface area contributed by atoms with Crippen LogP contribution in [0, 0.1) is 5.41 Å². The van der Waals surface area contributed by atoms with Crippen molar-refractivity contribution < 1.29 is 4.79 Å². The summed E-state index contributed by atoms with van der Waals surface area (Å²) in [5.74, 6) is -0.435. The van der Waals surface area contributed by atoms with Crippen molar-refractivity contribution in [3.05, 3.63) is 23.8 Å². The van der Waals surface area contributed by atoms with E-state index in [1.807, 2.05) is 6.07 Å². The lowest BCUT2D eigenvalue weighted by atomic mass is 9.85. The minimum absolute atomic E-state index is 0.399. The number of carbonyl (C=O) groups excluding carboxylic acids is 1. The van der Waals surface area contributed by atoms with Crippen LogP contribution in [0.5, 0.6) is 0 Å². The summed E-state index contributed by atoms with van der Waals surface area (Å²) in [6, 6.07) is 5.34. The molecule has 1 saturated heterocycles. The highest BCUT2D eigenvalue weighted by molar-refractivity contribution is 5.94. The summed E-state index contributed by atoms with van der Waals surface area (Å²) in [5.41, 5.74) is 13.8. The lowest BCUT2D eigenvalue weighted by Gasteiger charge is -2.26. The Labute approximate surface area is 114 Å². The van der Waals surface area contributed by atoms with Crippen molar-refractivity contribution in [3.8, 4) is 0 Å². The third kappa shape index (κ3) is 3.19. The highest BCUT2D eigenvalue weighted by Gasteiger charge is 2.24. The molecule has 19 heavy (non-hydrogen) atoms. The second kappa shape index (κ2) is 5.11. The Hall–Kier alpha value is -1.71. The van der Waals surface area contributed by atoms with E-state index in [1.165, 1.54) is 12.8 Å². The maximum Gasteiger partial charge on any atom is 0.248 e. The molecular formula is C15H23N3O. The number of anilines is 2. The lowest BCUT2D eigenvalue weighted by Crippen LogP contribution is -2.26. The Morgan fingerprint density at radius 3 is 2.63 bits per heavy atom. The van der Waals surface area contributed by atoms with Crippen molar-refractivity contribution in [1.82, 2.24) is 0 Å². The number of carbonyl (C=O) groups is 1. The molecule has 1 amide bonds. The first kappa shape index (κ1) is 13.7. The molecule has 1 aromatic carbocycles. The van der Waals surface area contributed by atoms with E-state index in [2.05, 4.69) is 18.7 Å². The van der Waals surface area contributed by atoms with Gasteiger partial charge in [-0.05, 0) is 42.9 Å². The highest BCUT2D eigenvalue weighted by atomic mass is 16.1. The predicted octanol–water partition coefficient (Wildman–Crippen LogP) is 2.38. The summed E-state index contributed by atoms with van der Waals surface area (Å²) in [5, 5.41) is 0. The Balaban J connectivity index is 2.20.